The summed E-state index contributed by atoms with van der Waals surface area (Å²) >= 11 is 3.41. The van der Waals surface area contributed by atoms with Crippen LogP contribution in [-0.2, 0) is 11.8 Å². The molecule has 1 aliphatic heterocycles. The first-order valence-electron chi connectivity index (χ1n) is 10.5. The first kappa shape index (κ1) is 23.1. The van der Waals surface area contributed by atoms with Crippen LogP contribution in [0.25, 0.3) is 0 Å². The van der Waals surface area contributed by atoms with Crippen LogP contribution in [0.15, 0.2) is 39.9 Å². The van der Waals surface area contributed by atoms with Crippen molar-refractivity contribution in [3.05, 3.63) is 45.4 Å². The maximum absolute atomic E-state index is 12.3. The Balaban J connectivity index is 1.67. The first-order valence-corrected chi connectivity index (χ1v) is 11.3. The second-order valence-corrected chi connectivity index (χ2v) is 9.28. The molecule has 0 atom stereocenters. The second-order valence-electron chi connectivity index (χ2n) is 8.37. The number of hydrogen-bond donors (Lipinski definition) is 1. The van der Waals surface area contributed by atoms with Crippen LogP contribution < -0.4 is 15.8 Å². The molecule has 3 heterocycles. The van der Waals surface area contributed by atoms with E-state index in [9.17, 15) is 9.59 Å². The Kier molecular flexibility index (Phi) is 7.25. The number of amides is 1. The number of nitrogens with zero attached hydrogens (tertiary/aromatic N) is 4. The van der Waals surface area contributed by atoms with E-state index in [1.807, 2.05) is 12.1 Å². The molecule has 3 rings (SSSR count). The molecule has 0 aromatic carbocycles. The Morgan fingerprint density at radius 2 is 2.10 bits per heavy atom. The van der Waals surface area contributed by atoms with Gasteiger partial charge in [-0.15, -0.1) is 0 Å². The molecule has 2 aromatic heterocycles. The van der Waals surface area contributed by atoms with Gasteiger partial charge in [-0.1, -0.05) is 13.3 Å². The number of ether oxygens (including phenoxy) is 1. The SMILES string of the molecule is CCCCOC(=O)N1CCN(c2ccc(Nc3cc(Br)cn(C)c3=O)nc2)C(C)(C)C1. The van der Waals surface area contributed by atoms with Crippen molar-refractivity contribution in [1.29, 1.82) is 0 Å². The lowest BCUT2D eigenvalue weighted by molar-refractivity contribution is 0.0859. The van der Waals surface area contributed by atoms with Crippen LogP contribution in [0, 0.1) is 0 Å². The molecule has 0 aliphatic carbocycles. The molecule has 0 bridgehead atoms. The minimum absolute atomic E-state index is 0.128. The Labute approximate surface area is 191 Å². The molecule has 0 unspecified atom stereocenters. The van der Waals surface area contributed by atoms with Gasteiger partial charge in [-0.3, -0.25) is 4.79 Å². The number of hydrogen-bond acceptors (Lipinski definition) is 6. The number of anilines is 3. The third-order valence-electron chi connectivity index (χ3n) is 5.36. The highest BCUT2D eigenvalue weighted by Gasteiger charge is 2.36. The Hall–Kier alpha value is -2.55. The fourth-order valence-corrected chi connectivity index (χ4v) is 4.24. The first-order chi connectivity index (χ1) is 14.7. The minimum Gasteiger partial charge on any atom is -0.449 e. The number of aryl methyl sites for hydroxylation is 1. The highest BCUT2D eigenvalue weighted by molar-refractivity contribution is 9.10. The van der Waals surface area contributed by atoms with Crippen LogP contribution in [0.1, 0.15) is 33.6 Å². The fourth-order valence-electron chi connectivity index (χ4n) is 3.70. The van der Waals surface area contributed by atoms with Gasteiger partial charge in [0.25, 0.3) is 5.56 Å². The monoisotopic (exact) mass is 491 g/mol. The van der Waals surface area contributed by atoms with Crippen molar-refractivity contribution in [2.24, 2.45) is 7.05 Å². The molecule has 1 amide bonds. The molecular formula is C22H30BrN5O3. The summed E-state index contributed by atoms with van der Waals surface area (Å²) in [5.41, 5.74) is 1.03. The second kappa shape index (κ2) is 9.72. The number of nitrogens with one attached hydrogen (secondary N) is 1. The summed E-state index contributed by atoms with van der Waals surface area (Å²) < 4.78 is 7.69. The zero-order valence-electron chi connectivity index (χ0n) is 18.5. The fraction of sp³-hybridized carbons (Fsp3) is 0.500. The molecule has 9 heteroatoms. The predicted molar refractivity (Wildman–Crippen MR) is 126 cm³/mol. The molecule has 1 saturated heterocycles. The molecule has 0 saturated carbocycles. The van der Waals surface area contributed by atoms with Crippen LogP contribution in [0.2, 0.25) is 0 Å². The molecule has 0 spiro atoms. The van der Waals surface area contributed by atoms with Crippen molar-refractivity contribution in [2.45, 2.75) is 39.2 Å². The van der Waals surface area contributed by atoms with E-state index >= 15 is 0 Å². The van der Waals surface area contributed by atoms with Gasteiger partial charge in [0.15, 0.2) is 0 Å². The zero-order valence-corrected chi connectivity index (χ0v) is 20.1. The molecule has 1 fully saturated rings. The van der Waals surface area contributed by atoms with E-state index in [4.69, 9.17) is 4.74 Å². The van der Waals surface area contributed by atoms with Gasteiger partial charge >= 0.3 is 6.09 Å². The van der Waals surface area contributed by atoms with Crippen LogP contribution in [0.3, 0.4) is 0 Å². The summed E-state index contributed by atoms with van der Waals surface area (Å²) in [7, 11) is 1.70. The van der Waals surface area contributed by atoms with Crippen molar-refractivity contribution in [2.75, 3.05) is 36.5 Å². The number of halogens is 1. The standard InChI is InChI=1S/C22H30BrN5O3/c1-5-6-11-31-21(30)27-9-10-28(22(2,3)15-27)17-7-8-19(24-13-17)25-18-12-16(23)14-26(4)20(18)29/h7-8,12-14H,5-6,9-11,15H2,1-4H3,(H,24,25). The quantitative estimate of drug-likeness (QED) is 0.612. The Bertz CT molecular complexity index is 974. The van der Waals surface area contributed by atoms with Crippen molar-refractivity contribution in [1.82, 2.24) is 14.5 Å². The van der Waals surface area contributed by atoms with Crippen molar-refractivity contribution < 1.29 is 9.53 Å². The smallest absolute Gasteiger partial charge is 0.409 e. The average Bonchev–Trinajstić information content (AvgIpc) is 2.72. The lowest BCUT2D eigenvalue weighted by atomic mass is 9.98. The third-order valence-corrected chi connectivity index (χ3v) is 5.79. The van der Waals surface area contributed by atoms with E-state index in [0.717, 1.165) is 23.0 Å². The number of carbonyl (C=O) groups is 1. The highest BCUT2D eigenvalue weighted by Crippen LogP contribution is 2.29. The summed E-state index contributed by atoms with van der Waals surface area (Å²) in [6.07, 6.45) is 5.15. The summed E-state index contributed by atoms with van der Waals surface area (Å²) in [6, 6.07) is 5.58. The maximum atomic E-state index is 12.3. The number of unbranched alkanes of at least 4 members (excludes halogenated alkanes) is 1. The molecule has 168 valence electrons. The van der Waals surface area contributed by atoms with Gasteiger partial charge in [0.2, 0.25) is 0 Å². The average molecular weight is 492 g/mol. The van der Waals surface area contributed by atoms with E-state index in [2.05, 4.69) is 51.9 Å². The topological polar surface area (TPSA) is 79.7 Å². The lowest BCUT2D eigenvalue weighted by Crippen LogP contribution is -2.60. The molecule has 31 heavy (non-hydrogen) atoms. The van der Waals surface area contributed by atoms with Crippen LogP contribution in [-0.4, -0.2) is 52.3 Å². The van der Waals surface area contributed by atoms with E-state index in [0.29, 0.717) is 37.7 Å². The van der Waals surface area contributed by atoms with E-state index < -0.39 is 0 Å². The number of piperazine rings is 1. The van der Waals surface area contributed by atoms with Gasteiger partial charge < -0.3 is 24.4 Å². The van der Waals surface area contributed by atoms with Gasteiger partial charge in [0, 0.05) is 37.4 Å². The summed E-state index contributed by atoms with van der Waals surface area (Å²) in [5.74, 6) is 0.592. The highest BCUT2D eigenvalue weighted by atomic mass is 79.9. The molecule has 8 nitrogen and oxygen atoms in total. The zero-order chi connectivity index (χ0) is 22.6. The van der Waals surface area contributed by atoms with Crippen molar-refractivity contribution in [3.63, 3.8) is 0 Å². The van der Waals surface area contributed by atoms with Gasteiger partial charge in [-0.2, -0.15) is 0 Å². The number of aromatic nitrogens is 2. The van der Waals surface area contributed by atoms with Crippen LogP contribution in [0.4, 0.5) is 22.0 Å². The normalized spacial score (nSPS) is 15.6. The molecule has 1 aliphatic rings. The Morgan fingerprint density at radius 3 is 2.74 bits per heavy atom. The summed E-state index contributed by atoms with van der Waals surface area (Å²) in [6.45, 7) is 8.62. The van der Waals surface area contributed by atoms with Crippen molar-refractivity contribution >= 4 is 39.2 Å². The minimum atomic E-state index is -0.265. The maximum Gasteiger partial charge on any atom is 0.409 e. The van der Waals surface area contributed by atoms with Crippen molar-refractivity contribution in [3.8, 4) is 0 Å². The summed E-state index contributed by atoms with van der Waals surface area (Å²) in [4.78, 5) is 33.1. The largest absolute Gasteiger partial charge is 0.449 e. The van der Waals surface area contributed by atoms with Crippen LogP contribution in [0.5, 0.6) is 0 Å². The van der Waals surface area contributed by atoms with Gasteiger partial charge in [0.05, 0.1) is 24.0 Å². The van der Waals surface area contributed by atoms with Gasteiger partial charge in [-0.05, 0) is 54.4 Å². The number of carbonyl (C=O) groups excluding carboxylic acids is 1. The number of pyridine rings is 2. The molecule has 0 radical (unpaired) electrons. The number of rotatable bonds is 6. The Morgan fingerprint density at radius 1 is 1.32 bits per heavy atom. The predicted octanol–water partition coefficient (Wildman–Crippen LogP) is 4.12. The van der Waals surface area contributed by atoms with E-state index in [-0.39, 0.29) is 17.2 Å². The lowest BCUT2D eigenvalue weighted by Gasteiger charge is -2.47. The molecule has 1 N–H and O–H groups in total. The van der Waals surface area contributed by atoms with Crippen LogP contribution >= 0.6 is 15.9 Å². The van der Waals surface area contributed by atoms with E-state index in [1.54, 1.807) is 30.4 Å². The molecular weight excluding hydrogens is 462 g/mol. The van der Waals surface area contributed by atoms with Gasteiger partial charge in [0.1, 0.15) is 11.5 Å². The van der Waals surface area contributed by atoms with E-state index in [1.165, 1.54) is 4.57 Å². The van der Waals surface area contributed by atoms with Gasteiger partial charge in [-0.25, -0.2) is 9.78 Å². The third kappa shape index (κ3) is 5.58. The summed E-state index contributed by atoms with van der Waals surface area (Å²) in [5, 5.41) is 3.09. The molecule has 2 aromatic rings.